The van der Waals surface area contributed by atoms with Crippen LogP contribution in [0.25, 0.3) is 0 Å². The van der Waals surface area contributed by atoms with Crippen LogP contribution in [0.2, 0.25) is 0 Å². The zero-order chi connectivity index (χ0) is 11.8. The van der Waals surface area contributed by atoms with Crippen LogP contribution >= 0.6 is 22.6 Å². The number of aliphatic hydroxyl groups is 1. The highest BCUT2D eigenvalue weighted by molar-refractivity contribution is 14.1. The number of aliphatic hydroxyl groups excluding tert-OH is 1. The Bertz CT molecular complexity index is 372. The predicted molar refractivity (Wildman–Crippen MR) is 74.8 cm³/mol. The van der Waals surface area contributed by atoms with Gasteiger partial charge in [-0.05, 0) is 27.4 Å². The molecule has 2 nitrogen and oxygen atoms in total. The molecular weight excluding hydrogens is 315 g/mol. The molecule has 3 heteroatoms. The standard InChI is InChI=1S/C13H15IO2/c1-2-11(9-14)6-7-16-13-5-3-4-12(8-13)10-15/h2-5,8-9,15H,1,6-7,10H2/b11-9+. The lowest BCUT2D eigenvalue weighted by molar-refractivity contribution is 0.279. The molecule has 1 rings (SSSR count). The molecule has 0 atom stereocenters. The first-order valence-corrected chi connectivity index (χ1v) is 6.29. The van der Waals surface area contributed by atoms with Crippen molar-refractivity contribution in [2.45, 2.75) is 13.0 Å². The average Bonchev–Trinajstić information content (AvgIpc) is 2.35. The quantitative estimate of drug-likeness (QED) is 0.639. The zero-order valence-corrected chi connectivity index (χ0v) is 11.2. The van der Waals surface area contributed by atoms with Crippen molar-refractivity contribution in [1.29, 1.82) is 0 Å². The highest BCUT2D eigenvalue weighted by Crippen LogP contribution is 2.14. The van der Waals surface area contributed by atoms with Crippen molar-refractivity contribution in [2.24, 2.45) is 0 Å². The van der Waals surface area contributed by atoms with E-state index in [1.165, 1.54) is 5.57 Å². The molecule has 0 unspecified atom stereocenters. The lowest BCUT2D eigenvalue weighted by Gasteiger charge is -2.07. The van der Waals surface area contributed by atoms with Gasteiger partial charge in [0.05, 0.1) is 13.2 Å². The molecule has 0 aromatic heterocycles. The number of hydrogen-bond acceptors (Lipinski definition) is 2. The smallest absolute Gasteiger partial charge is 0.119 e. The van der Waals surface area contributed by atoms with Gasteiger partial charge in [-0.3, -0.25) is 0 Å². The summed E-state index contributed by atoms with van der Waals surface area (Å²) in [5.74, 6) is 0.795. The van der Waals surface area contributed by atoms with Gasteiger partial charge in [0, 0.05) is 6.42 Å². The Morgan fingerprint density at radius 2 is 2.31 bits per heavy atom. The summed E-state index contributed by atoms with van der Waals surface area (Å²) in [4.78, 5) is 0. The number of hydrogen-bond donors (Lipinski definition) is 1. The second-order valence-electron chi connectivity index (χ2n) is 3.29. The Hall–Kier alpha value is -0.810. The van der Waals surface area contributed by atoms with Crippen molar-refractivity contribution in [3.05, 3.63) is 52.1 Å². The van der Waals surface area contributed by atoms with Gasteiger partial charge in [0.2, 0.25) is 0 Å². The molecule has 0 aliphatic heterocycles. The molecule has 0 radical (unpaired) electrons. The molecule has 1 aromatic carbocycles. The molecule has 0 aliphatic carbocycles. The SMILES string of the molecule is C=C/C(=C\I)CCOc1cccc(CO)c1. The number of ether oxygens (including phenoxy) is 1. The number of allylic oxidation sites excluding steroid dienone is 1. The molecule has 0 spiro atoms. The van der Waals surface area contributed by atoms with Gasteiger partial charge in [0.1, 0.15) is 5.75 Å². The van der Waals surface area contributed by atoms with E-state index in [-0.39, 0.29) is 6.61 Å². The molecule has 16 heavy (non-hydrogen) atoms. The molecule has 86 valence electrons. The van der Waals surface area contributed by atoms with E-state index in [4.69, 9.17) is 9.84 Å². The fourth-order valence-corrected chi connectivity index (χ4v) is 1.79. The van der Waals surface area contributed by atoms with E-state index in [1.807, 2.05) is 34.4 Å². The fraction of sp³-hybridized carbons (Fsp3) is 0.231. The van der Waals surface area contributed by atoms with Gasteiger partial charge in [0.15, 0.2) is 0 Å². The van der Waals surface area contributed by atoms with Crippen LogP contribution in [0, 0.1) is 0 Å². The third kappa shape index (κ3) is 4.37. The lowest BCUT2D eigenvalue weighted by atomic mass is 10.2. The first-order chi connectivity index (χ1) is 7.80. The van der Waals surface area contributed by atoms with Crippen molar-refractivity contribution >= 4 is 22.6 Å². The van der Waals surface area contributed by atoms with E-state index in [2.05, 4.69) is 29.2 Å². The van der Waals surface area contributed by atoms with Gasteiger partial charge in [-0.1, -0.05) is 47.4 Å². The highest BCUT2D eigenvalue weighted by Gasteiger charge is 1.97. The molecule has 0 bridgehead atoms. The largest absolute Gasteiger partial charge is 0.493 e. The second kappa shape index (κ2) is 7.46. The normalized spacial score (nSPS) is 11.2. The monoisotopic (exact) mass is 330 g/mol. The Balaban J connectivity index is 2.45. The minimum absolute atomic E-state index is 0.0444. The summed E-state index contributed by atoms with van der Waals surface area (Å²) in [6.07, 6.45) is 2.68. The highest BCUT2D eigenvalue weighted by atomic mass is 127. The minimum Gasteiger partial charge on any atom is -0.493 e. The maximum Gasteiger partial charge on any atom is 0.119 e. The van der Waals surface area contributed by atoms with Crippen LogP contribution in [0.4, 0.5) is 0 Å². The number of halogens is 1. The summed E-state index contributed by atoms with van der Waals surface area (Å²) in [5.41, 5.74) is 2.03. The lowest BCUT2D eigenvalue weighted by Crippen LogP contribution is -1.98. The predicted octanol–water partition coefficient (Wildman–Crippen LogP) is 3.45. The van der Waals surface area contributed by atoms with Gasteiger partial charge >= 0.3 is 0 Å². The molecule has 0 aliphatic rings. The summed E-state index contributed by atoms with van der Waals surface area (Å²) in [7, 11) is 0. The molecule has 0 saturated heterocycles. The van der Waals surface area contributed by atoms with E-state index < -0.39 is 0 Å². The Kier molecular flexibility index (Phi) is 6.18. The maximum atomic E-state index is 8.97. The average molecular weight is 330 g/mol. The van der Waals surface area contributed by atoms with E-state index in [0.717, 1.165) is 17.7 Å². The maximum absolute atomic E-state index is 8.97. The van der Waals surface area contributed by atoms with Crippen molar-refractivity contribution < 1.29 is 9.84 Å². The summed E-state index contributed by atoms with van der Waals surface area (Å²) < 4.78 is 7.58. The van der Waals surface area contributed by atoms with Gasteiger partial charge in [-0.15, -0.1) is 0 Å². The number of benzene rings is 1. The van der Waals surface area contributed by atoms with Crippen LogP contribution < -0.4 is 4.74 Å². The molecule has 0 saturated carbocycles. The van der Waals surface area contributed by atoms with Gasteiger partial charge in [-0.2, -0.15) is 0 Å². The van der Waals surface area contributed by atoms with Crippen LogP contribution in [-0.2, 0) is 6.61 Å². The van der Waals surface area contributed by atoms with Gasteiger partial charge < -0.3 is 9.84 Å². The third-order valence-corrected chi connectivity index (χ3v) is 2.94. The molecule has 0 amide bonds. The van der Waals surface area contributed by atoms with Gasteiger partial charge in [-0.25, -0.2) is 0 Å². The Morgan fingerprint density at radius 3 is 2.94 bits per heavy atom. The topological polar surface area (TPSA) is 29.5 Å². The first-order valence-electron chi connectivity index (χ1n) is 5.04. The van der Waals surface area contributed by atoms with Crippen LogP contribution in [0.3, 0.4) is 0 Å². The van der Waals surface area contributed by atoms with Crippen LogP contribution in [0.15, 0.2) is 46.6 Å². The van der Waals surface area contributed by atoms with E-state index in [9.17, 15) is 0 Å². The van der Waals surface area contributed by atoms with Crippen LogP contribution in [-0.4, -0.2) is 11.7 Å². The van der Waals surface area contributed by atoms with Crippen LogP contribution in [0.5, 0.6) is 5.75 Å². The molecular formula is C13H15IO2. The Labute approximate surface area is 110 Å². The van der Waals surface area contributed by atoms with E-state index in [0.29, 0.717) is 6.61 Å². The molecule has 0 fully saturated rings. The minimum atomic E-state index is 0.0444. The summed E-state index contributed by atoms with van der Waals surface area (Å²) in [5, 5.41) is 8.97. The van der Waals surface area contributed by atoms with Crippen molar-refractivity contribution in [3.8, 4) is 5.75 Å². The number of rotatable bonds is 6. The van der Waals surface area contributed by atoms with E-state index in [1.54, 1.807) is 0 Å². The Morgan fingerprint density at radius 1 is 1.50 bits per heavy atom. The fourth-order valence-electron chi connectivity index (χ4n) is 1.22. The summed E-state index contributed by atoms with van der Waals surface area (Å²) in [6.45, 7) is 4.39. The molecule has 0 heterocycles. The van der Waals surface area contributed by atoms with Crippen molar-refractivity contribution in [2.75, 3.05) is 6.61 Å². The zero-order valence-electron chi connectivity index (χ0n) is 9.03. The van der Waals surface area contributed by atoms with Crippen molar-refractivity contribution in [3.63, 3.8) is 0 Å². The third-order valence-electron chi connectivity index (χ3n) is 2.14. The van der Waals surface area contributed by atoms with E-state index >= 15 is 0 Å². The summed E-state index contributed by atoms with van der Waals surface area (Å²) in [6, 6.07) is 7.48. The molecule has 1 aromatic rings. The second-order valence-corrected chi connectivity index (χ2v) is 3.91. The first kappa shape index (κ1) is 13.3. The molecule has 1 N–H and O–H groups in total. The van der Waals surface area contributed by atoms with Crippen molar-refractivity contribution in [1.82, 2.24) is 0 Å². The van der Waals surface area contributed by atoms with Gasteiger partial charge in [0.25, 0.3) is 0 Å². The van der Waals surface area contributed by atoms with Crippen LogP contribution in [0.1, 0.15) is 12.0 Å². The summed E-state index contributed by atoms with van der Waals surface area (Å²) >= 11 is 2.19.